The number of benzene rings is 1. The highest BCUT2D eigenvalue weighted by Crippen LogP contribution is 2.15. The van der Waals surface area contributed by atoms with Crippen LogP contribution in [0.4, 0.5) is 0 Å². The zero-order chi connectivity index (χ0) is 10.7. The molecule has 0 bridgehead atoms. The van der Waals surface area contributed by atoms with Crippen molar-refractivity contribution in [2.75, 3.05) is 0 Å². The molecule has 0 saturated carbocycles. The van der Waals surface area contributed by atoms with Crippen LogP contribution in [0.15, 0.2) is 35.8 Å². The Hall–Kier alpha value is -0.750. The van der Waals surface area contributed by atoms with Gasteiger partial charge in [-0.1, -0.05) is 18.2 Å². The Kier molecular flexibility index (Phi) is 3.48. The standard InChI is InChI=1S/C11H8INOS/c12-9-4-2-1-3-8(9)10(14)7-11-13-5-6-15-11/h1-6H,7H2. The van der Waals surface area contributed by atoms with Crippen molar-refractivity contribution >= 4 is 39.7 Å². The molecular weight excluding hydrogens is 321 g/mol. The molecule has 0 fully saturated rings. The van der Waals surface area contributed by atoms with Gasteiger partial charge in [-0.2, -0.15) is 0 Å². The fraction of sp³-hybridized carbons (Fsp3) is 0.0909. The van der Waals surface area contributed by atoms with Gasteiger partial charge in [0.2, 0.25) is 0 Å². The van der Waals surface area contributed by atoms with E-state index in [9.17, 15) is 4.79 Å². The Morgan fingerprint density at radius 3 is 2.87 bits per heavy atom. The fourth-order valence-electron chi connectivity index (χ4n) is 1.26. The molecule has 0 aliphatic carbocycles. The number of carbonyl (C=O) groups is 1. The van der Waals surface area contributed by atoms with E-state index >= 15 is 0 Å². The van der Waals surface area contributed by atoms with Gasteiger partial charge < -0.3 is 0 Å². The third-order valence-corrected chi connectivity index (χ3v) is 3.69. The van der Waals surface area contributed by atoms with Gasteiger partial charge in [-0.3, -0.25) is 4.79 Å². The minimum atomic E-state index is 0.134. The summed E-state index contributed by atoms with van der Waals surface area (Å²) in [6.07, 6.45) is 2.13. The van der Waals surface area contributed by atoms with Crippen molar-refractivity contribution in [2.45, 2.75) is 6.42 Å². The fourth-order valence-corrected chi connectivity index (χ4v) is 2.56. The first-order chi connectivity index (χ1) is 7.27. The van der Waals surface area contributed by atoms with E-state index in [4.69, 9.17) is 0 Å². The van der Waals surface area contributed by atoms with Crippen molar-refractivity contribution in [1.82, 2.24) is 4.98 Å². The van der Waals surface area contributed by atoms with Crippen LogP contribution in [0, 0.1) is 3.57 Å². The van der Waals surface area contributed by atoms with Gasteiger partial charge in [-0.15, -0.1) is 11.3 Å². The monoisotopic (exact) mass is 329 g/mol. The van der Waals surface area contributed by atoms with Gasteiger partial charge in [-0.05, 0) is 28.7 Å². The van der Waals surface area contributed by atoms with E-state index in [0.717, 1.165) is 14.1 Å². The third-order valence-electron chi connectivity index (χ3n) is 1.97. The minimum Gasteiger partial charge on any atom is -0.294 e. The van der Waals surface area contributed by atoms with Gasteiger partial charge in [0.15, 0.2) is 5.78 Å². The predicted molar refractivity (Wildman–Crippen MR) is 69.3 cm³/mol. The Morgan fingerprint density at radius 1 is 1.40 bits per heavy atom. The Labute approximate surface area is 106 Å². The summed E-state index contributed by atoms with van der Waals surface area (Å²) in [6, 6.07) is 7.62. The molecular formula is C11H8INOS. The molecule has 15 heavy (non-hydrogen) atoms. The first-order valence-corrected chi connectivity index (χ1v) is 6.39. The Morgan fingerprint density at radius 2 is 2.20 bits per heavy atom. The van der Waals surface area contributed by atoms with Crippen molar-refractivity contribution in [1.29, 1.82) is 0 Å². The van der Waals surface area contributed by atoms with E-state index in [1.54, 1.807) is 6.20 Å². The Bertz CT molecular complexity index is 467. The quantitative estimate of drug-likeness (QED) is 0.640. The van der Waals surface area contributed by atoms with Crippen LogP contribution in [0.1, 0.15) is 15.4 Å². The number of ketones is 1. The van der Waals surface area contributed by atoms with Crippen LogP contribution in [0.3, 0.4) is 0 Å². The summed E-state index contributed by atoms with van der Waals surface area (Å²) in [6.45, 7) is 0. The molecule has 0 unspecified atom stereocenters. The number of rotatable bonds is 3. The smallest absolute Gasteiger partial charge is 0.170 e. The molecule has 0 aliphatic rings. The summed E-state index contributed by atoms with van der Waals surface area (Å²) in [5, 5.41) is 2.76. The highest BCUT2D eigenvalue weighted by atomic mass is 127. The van der Waals surface area contributed by atoms with E-state index in [1.807, 2.05) is 29.6 Å². The number of hydrogen-bond donors (Lipinski definition) is 0. The maximum atomic E-state index is 11.9. The topological polar surface area (TPSA) is 30.0 Å². The third kappa shape index (κ3) is 2.63. The number of nitrogens with zero attached hydrogens (tertiary/aromatic N) is 1. The summed E-state index contributed by atoms with van der Waals surface area (Å²) in [4.78, 5) is 16.0. The van der Waals surface area contributed by atoms with Gasteiger partial charge in [0.1, 0.15) is 5.01 Å². The van der Waals surface area contributed by atoms with Gasteiger partial charge in [0, 0.05) is 20.7 Å². The highest BCUT2D eigenvalue weighted by Gasteiger charge is 2.10. The molecule has 0 saturated heterocycles. The lowest BCUT2D eigenvalue weighted by Crippen LogP contribution is -2.05. The van der Waals surface area contributed by atoms with Crippen LogP contribution in [0.2, 0.25) is 0 Å². The highest BCUT2D eigenvalue weighted by molar-refractivity contribution is 14.1. The number of Topliss-reactive ketones (excluding diaryl/α,β-unsaturated/α-hetero) is 1. The van der Waals surface area contributed by atoms with E-state index in [1.165, 1.54) is 11.3 Å². The summed E-state index contributed by atoms with van der Waals surface area (Å²) in [7, 11) is 0. The predicted octanol–water partition coefficient (Wildman–Crippen LogP) is 3.17. The second-order valence-corrected chi connectivity index (χ2v) is 5.15. The lowest BCUT2D eigenvalue weighted by Gasteiger charge is -2.01. The zero-order valence-corrected chi connectivity index (χ0v) is 10.8. The number of carbonyl (C=O) groups excluding carboxylic acids is 1. The summed E-state index contributed by atoms with van der Waals surface area (Å²) < 4.78 is 0.997. The van der Waals surface area contributed by atoms with Crippen molar-refractivity contribution < 1.29 is 4.79 Å². The molecule has 0 N–H and O–H groups in total. The zero-order valence-electron chi connectivity index (χ0n) is 7.81. The summed E-state index contributed by atoms with van der Waals surface area (Å²) in [5.41, 5.74) is 0.785. The van der Waals surface area contributed by atoms with E-state index < -0.39 is 0 Å². The van der Waals surface area contributed by atoms with Gasteiger partial charge in [0.25, 0.3) is 0 Å². The number of thiazole rings is 1. The average Bonchev–Trinajstić information content (AvgIpc) is 2.71. The molecule has 0 radical (unpaired) electrons. The SMILES string of the molecule is O=C(Cc1nccs1)c1ccccc1I. The normalized spacial score (nSPS) is 10.2. The molecule has 2 aromatic rings. The molecule has 1 aromatic heterocycles. The molecule has 0 aliphatic heterocycles. The van der Waals surface area contributed by atoms with Crippen LogP contribution in [0.25, 0.3) is 0 Å². The lowest BCUT2D eigenvalue weighted by atomic mass is 10.1. The van der Waals surface area contributed by atoms with E-state index in [-0.39, 0.29) is 5.78 Å². The van der Waals surface area contributed by atoms with Crippen molar-refractivity contribution in [3.05, 3.63) is 50.0 Å². The minimum absolute atomic E-state index is 0.134. The van der Waals surface area contributed by atoms with E-state index in [0.29, 0.717) is 6.42 Å². The van der Waals surface area contributed by atoms with Crippen LogP contribution in [-0.4, -0.2) is 10.8 Å². The van der Waals surface area contributed by atoms with Crippen molar-refractivity contribution in [2.24, 2.45) is 0 Å². The average molecular weight is 329 g/mol. The molecule has 76 valence electrons. The van der Waals surface area contributed by atoms with Crippen LogP contribution >= 0.6 is 33.9 Å². The molecule has 0 amide bonds. The largest absolute Gasteiger partial charge is 0.294 e. The molecule has 2 rings (SSSR count). The lowest BCUT2D eigenvalue weighted by molar-refractivity contribution is 0.0992. The van der Waals surface area contributed by atoms with Gasteiger partial charge in [-0.25, -0.2) is 4.98 Å². The molecule has 1 heterocycles. The summed E-state index contributed by atoms with van der Waals surface area (Å²) in [5.74, 6) is 0.134. The van der Waals surface area contributed by atoms with Crippen molar-refractivity contribution in [3.8, 4) is 0 Å². The second kappa shape index (κ2) is 4.85. The van der Waals surface area contributed by atoms with Crippen molar-refractivity contribution in [3.63, 3.8) is 0 Å². The van der Waals surface area contributed by atoms with Crippen LogP contribution in [-0.2, 0) is 6.42 Å². The van der Waals surface area contributed by atoms with E-state index in [2.05, 4.69) is 27.6 Å². The Balaban J connectivity index is 2.19. The van der Waals surface area contributed by atoms with Crippen LogP contribution in [0.5, 0.6) is 0 Å². The number of halogens is 1. The molecule has 0 spiro atoms. The maximum absolute atomic E-state index is 11.9. The second-order valence-electron chi connectivity index (χ2n) is 3.01. The van der Waals surface area contributed by atoms with Gasteiger partial charge >= 0.3 is 0 Å². The molecule has 0 atom stereocenters. The maximum Gasteiger partial charge on any atom is 0.170 e. The number of aromatic nitrogens is 1. The van der Waals surface area contributed by atoms with Crippen LogP contribution < -0.4 is 0 Å². The van der Waals surface area contributed by atoms with Gasteiger partial charge in [0.05, 0.1) is 6.42 Å². The first-order valence-electron chi connectivity index (χ1n) is 4.43. The molecule has 2 nitrogen and oxygen atoms in total. The first kappa shape index (κ1) is 10.8. The summed E-state index contributed by atoms with van der Waals surface area (Å²) >= 11 is 3.70. The molecule has 4 heteroatoms. The number of hydrogen-bond acceptors (Lipinski definition) is 3. The molecule has 1 aromatic carbocycles.